The fraction of sp³-hybridized carbons (Fsp3) is 0.333. The third-order valence-electron chi connectivity index (χ3n) is 1.66. The summed E-state index contributed by atoms with van der Waals surface area (Å²) in [5.41, 5.74) is 0. The number of rotatable bonds is 3. The van der Waals surface area contributed by atoms with Crippen molar-refractivity contribution in [1.82, 2.24) is 0 Å². The standard InChI is InChI=1S/C6H5.C3H7.H3O3P.Zn/c1-2-4-6-5-3-1;1-3-2;1-4(2)3;/h1-5H;1,3H2,2H3;4H,(H2,1,2,3);. The normalized spacial score (nSPS) is 8.86. The Morgan fingerprint density at radius 3 is 2.21 bits per heavy atom. The molecular weight excluding hydrogens is 252 g/mol. The van der Waals surface area contributed by atoms with Gasteiger partial charge < -0.3 is 9.79 Å². The van der Waals surface area contributed by atoms with Crippen LogP contribution in [0.25, 0.3) is 0 Å². The molecule has 0 atom stereocenters. The molecule has 14 heavy (non-hydrogen) atoms. The molecule has 0 fully saturated rings. The Morgan fingerprint density at radius 1 is 1.29 bits per heavy atom. The molecule has 2 N–H and O–H groups in total. The first-order valence-corrected chi connectivity index (χ1v) is 9.51. The summed E-state index contributed by atoms with van der Waals surface area (Å²) >= 11 is -0.312. The van der Waals surface area contributed by atoms with Gasteiger partial charge in [0, 0.05) is 0 Å². The molecule has 0 heterocycles. The molecule has 0 spiro atoms. The van der Waals surface area contributed by atoms with Crippen LogP contribution in [-0.4, -0.2) is 9.79 Å². The summed E-state index contributed by atoms with van der Waals surface area (Å²) in [6.45, 7) is 2.27. The third kappa shape index (κ3) is 10.1. The molecule has 1 rings (SSSR count). The fourth-order valence-electron chi connectivity index (χ4n) is 1.03. The van der Waals surface area contributed by atoms with Crippen LogP contribution in [0.1, 0.15) is 13.3 Å². The van der Waals surface area contributed by atoms with Gasteiger partial charge in [0.2, 0.25) is 0 Å². The smallest absolute Gasteiger partial charge is 0.314 e. The summed E-state index contributed by atoms with van der Waals surface area (Å²) in [6, 6.07) is 10.9. The molecule has 0 saturated carbocycles. The average Bonchev–Trinajstić information content (AvgIpc) is 2.15. The van der Waals surface area contributed by atoms with E-state index in [0.29, 0.717) is 0 Å². The Kier molecular flexibility index (Phi) is 9.54. The second-order valence-electron chi connectivity index (χ2n) is 2.87. The van der Waals surface area contributed by atoms with Gasteiger partial charge in [0.25, 0.3) is 0 Å². The van der Waals surface area contributed by atoms with Gasteiger partial charge in [-0.3, -0.25) is 4.57 Å². The topological polar surface area (TPSA) is 57.5 Å². The molecule has 76 valence electrons. The van der Waals surface area contributed by atoms with Crippen molar-refractivity contribution in [2.24, 2.45) is 0 Å². The second-order valence-corrected chi connectivity index (χ2v) is 7.68. The van der Waals surface area contributed by atoms with Crippen LogP contribution in [-0.2, 0) is 21.7 Å². The Balaban J connectivity index is 0.000000364. The minimum absolute atomic E-state index is 0.312. The van der Waals surface area contributed by atoms with Crippen LogP contribution < -0.4 is 4.16 Å². The van der Waals surface area contributed by atoms with Crippen molar-refractivity contribution in [2.45, 2.75) is 18.4 Å². The van der Waals surface area contributed by atoms with E-state index in [2.05, 4.69) is 37.3 Å². The maximum Gasteiger partial charge on any atom is 0.314 e. The maximum atomic E-state index is 8.74. The molecule has 0 aliphatic carbocycles. The molecule has 3 nitrogen and oxygen atoms in total. The summed E-state index contributed by atoms with van der Waals surface area (Å²) in [5, 5.41) is 1.50. The number of benzene rings is 1. The van der Waals surface area contributed by atoms with E-state index in [-0.39, 0.29) is 17.1 Å². The van der Waals surface area contributed by atoms with E-state index in [1.54, 1.807) is 4.16 Å². The Hall–Kier alpha value is -0.00662. The van der Waals surface area contributed by atoms with E-state index in [4.69, 9.17) is 14.4 Å². The van der Waals surface area contributed by atoms with Gasteiger partial charge in [0.1, 0.15) is 0 Å². The predicted octanol–water partition coefficient (Wildman–Crippen LogP) is 1.58. The van der Waals surface area contributed by atoms with E-state index < -0.39 is 8.25 Å². The molecule has 5 heteroatoms. The summed E-state index contributed by atoms with van der Waals surface area (Å²) in [6.07, 6.45) is 1.37. The molecule has 0 aliphatic rings. The van der Waals surface area contributed by atoms with E-state index in [1.807, 2.05) is 0 Å². The fourth-order valence-corrected chi connectivity index (χ4v) is 3.89. The Bertz CT molecular complexity index is 249. The second kappa shape index (κ2) is 9.54. The number of hydrogen-bond donors (Lipinski definition) is 2. The molecule has 0 unspecified atom stereocenters. The van der Waals surface area contributed by atoms with Crippen LogP contribution in [0.5, 0.6) is 0 Å². The van der Waals surface area contributed by atoms with Crippen molar-refractivity contribution in [2.75, 3.05) is 0 Å². The van der Waals surface area contributed by atoms with E-state index in [9.17, 15) is 0 Å². The minimum Gasteiger partial charge on any atom is -0.326 e. The largest absolute Gasteiger partial charge is 0.326 e. The summed E-state index contributed by atoms with van der Waals surface area (Å²) in [4.78, 5) is 14.3. The van der Waals surface area contributed by atoms with E-state index >= 15 is 0 Å². The van der Waals surface area contributed by atoms with Crippen molar-refractivity contribution < 1.29 is 31.5 Å². The molecular formula is C9H15O3PZn. The zero-order chi connectivity index (χ0) is 10.8. The van der Waals surface area contributed by atoms with E-state index in [0.717, 1.165) is 0 Å². The van der Waals surface area contributed by atoms with Crippen molar-refractivity contribution in [1.29, 1.82) is 0 Å². The van der Waals surface area contributed by atoms with Gasteiger partial charge >= 0.3 is 78.2 Å². The summed E-state index contributed by atoms with van der Waals surface area (Å²) < 4.78 is 10.4. The van der Waals surface area contributed by atoms with Crippen LogP contribution >= 0.6 is 8.25 Å². The minimum atomic E-state index is -3.13. The SMILES string of the molecule is CC[CH2][Zn][c]1ccccc1.O=[PH](O)O. The van der Waals surface area contributed by atoms with Crippen molar-refractivity contribution >= 4 is 12.4 Å². The predicted molar refractivity (Wildman–Crippen MR) is 54.6 cm³/mol. The number of hydrogen-bond acceptors (Lipinski definition) is 1. The maximum absolute atomic E-state index is 8.74. The molecule has 0 radical (unpaired) electrons. The van der Waals surface area contributed by atoms with Gasteiger partial charge in [-0.25, -0.2) is 0 Å². The van der Waals surface area contributed by atoms with Crippen LogP contribution in [0.4, 0.5) is 0 Å². The first-order valence-electron chi connectivity index (χ1n) is 4.62. The van der Waals surface area contributed by atoms with Gasteiger partial charge in [-0.05, 0) is 0 Å². The first kappa shape index (κ1) is 14.0. The van der Waals surface area contributed by atoms with Crippen molar-refractivity contribution in [3.63, 3.8) is 0 Å². The molecule has 1 aromatic carbocycles. The zero-order valence-electron chi connectivity index (χ0n) is 8.31. The van der Waals surface area contributed by atoms with Gasteiger partial charge in [-0.15, -0.1) is 0 Å². The molecule has 0 aromatic heterocycles. The third-order valence-corrected chi connectivity index (χ3v) is 6.09. The molecule has 1 aromatic rings. The van der Waals surface area contributed by atoms with Crippen LogP contribution in [0.2, 0.25) is 5.02 Å². The van der Waals surface area contributed by atoms with Crippen molar-refractivity contribution in [3.8, 4) is 0 Å². The van der Waals surface area contributed by atoms with Crippen LogP contribution in [0.15, 0.2) is 30.3 Å². The quantitative estimate of drug-likeness (QED) is 0.646. The van der Waals surface area contributed by atoms with Crippen LogP contribution in [0.3, 0.4) is 0 Å². The van der Waals surface area contributed by atoms with Gasteiger partial charge in [-0.1, -0.05) is 0 Å². The van der Waals surface area contributed by atoms with Gasteiger partial charge in [0.05, 0.1) is 0 Å². The van der Waals surface area contributed by atoms with Gasteiger partial charge in [-0.2, -0.15) is 0 Å². The molecule has 0 aliphatic heterocycles. The monoisotopic (exact) mass is 266 g/mol. The Morgan fingerprint density at radius 2 is 1.79 bits per heavy atom. The van der Waals surface area contributed by atoms with Crippen molar-refractivity contribution in [3.05, 3.63) is 30.3 Å². The Labute approximate surface area is 92.7 Å². The summed E-state index contributed by atoms with van der Waals surface area (Å²) in [5.74, 6) is 0. The average molecular weight is 268 g/mol. The molecule has 0 saturated heterocycles. The first-order chi connectivity index (χ1) is 6.66. The summed E-state index contributed by atoms with van der Waals surface area (Å²) in [7, 11) is -3.13. The molecule has 0 bridgehead atoms. The van der Waals surface area contributed by atoms with Crippen LogP contribution in [0, 0.1) is 0 Å². The van der Waals surface area contributed by atoms with Gasteiger partial charge in [0.15, 0.2) is 0 Å². The van der Waals surface area contributed by atoms with E-state index in [1.165, 1.54) is 11.4 Å². The zero-order valence-corrected chi connectivity index (χ0v) is 12.3. The molecule has 0 amide bonds.